The Morgan fingerprint density at radius 3 is 2.76 bits per heavy atom. The fraction of sp³-hybridized carbons (Fsp3) is 0.267. The quantitative estimate of drug-likeness (QED) is 0.853. The Bertz CT molecular complexity index is 599. The Morgan fingerprint density at radius 2 is 2.10 bits per heavy atom. The number of anilines is 2. The Kier molecular flexibility index (Phi) is 5.09. The molecule has 0 radical (unpaired) electrons. The Hall–Kier alpha value is -2.63. The van der Waals surface area contributed by atoms with Gasteiger partial charge < -0.3 is 15.4 Å². The number of nitrogens with one attached hydrogen (secondary N) is 2. The molecule has 2 aromatic rings. The van der Waals surface area contributed by atoms with Crippen LogP contribution in [0, 0.1) is 0 Å². The fourth-order valence-corrected chi connectivity index (χ4v) is 1.74. The summed E-state index contributed by atoms with van der Waals surface area (Å²) < 4.78 is 5.39. The molecule has 0 fully saturated rings. The zero-order valence-electron chi connectivity index (χ0n) is 12.1. The highest BCUT2D eigenvalue weighted by molar-refractivity contribution is 6.02. The van der Waals surface area contributed by atoms with Gasteiger partial charge in [-0.1, -0.05) is 6.07 Å². The van der Waals surface area contributed by atoms with E-state index >= 15 is 0 Å². The molecule has 1 aromatic heterocycles. The van der Waals surface area contributed by atoms with E-state index in [0.717, 1.165) is 6.54 Å². The molecule has 0 saturated carbocycles. The van der Waals surface area contributed by atoms with Gasteiger partial charge in [-0.05, 0) is 26.0 Å². The first kappa shape index (κ1) is 14.8. The van der Waals surface area contributed by atoms with Crippen LogP contribution in [0.2, 0.25) is 0 Å². The number of amides is 1. The molecule has 0 saturated heterocycles. The number of hydrogen-bond donors (Lipinski definition) is 2. The highest BCUT2D eigenvalue weighted by Gasteiger charge is 2.08. The van der Waals surface area contributed by atoms with Crippen molar-refractivity contribution in [3.63, 3.8) is 0 Å². The predicted molar refractivity (Wildman–Crippen MR) is 81.8 cm³/mol. The monoisotopic (exact) mass is 286 g/mol. The second kappa shape index (κ2) is 7.23. The molecule has 6 heteroatoms. The van der Waals surface area contributed by atoms with Gasteiger partial charge in [0.2, 0.25) is 0 Å². The summed E-state index contributed by atoms with van der Waals surface area (Å²) in [6.45, 7) is 5.21. The zero-order chi connectivity index (χ0) is 15.1. The van der Waals surface area contributed by atoms with Crippen LogP contribution < -0.4 is 15.4 Å². The van der Waals surface area contributed by atoms with E-state index in [1.54, 1.807) is 12.1 Å². The minimum Gasteiger partial charge on any atom is -0.494 e. The maximum atomic E-state index is 12.1. The third-order valence-corrected chi connectivity index (χ3v) is 2.65. The molecule has 1 amide bonds. The lowest BCUT2D eigenvalue weighted by Gasteiger charge is -2.08. The summed E-state index contributed by atoms with van der Waals surface area (Å²) >= 11 is 0. The minimum absolute atomic E-state index is 0.262. The summed E-state index contributed by atoms with van der Waals surface area (Å²) in [5, 5.41) is 5.79. The molecule has 0 aliphatic rings. The maximum Gasteiger partial charge on any atom is 0.275 e. The molecule has 6 nitrogen and oxygen atoms in total. The second-order valence-electron chi connectivity index (χ2n) is 4.23. The fourth-order valence-electron chi connectivity index (χ4n) is 1.74. The zero-order valence-corrected chi connectivity index (χ0v) is 12.1. The molecule has 2 N–H and O–H groups in total. The molecule has 0 atom stereocenters. The molecular formula is C15H18N4O2. The van der Waals surface area contributed by atoms with E-state index in [4.69, 9.17) is 4.74 Å². The van der Waals surface area contributed by atoms with Gasteiger partial charge in [0.15, 0.2) is 0 Å². The molecule has 0 spiro atoms. The van der Waals surface area contributed by atoms with Crippen LogP contribution in [0.25, 0.3) is 0 Å². The Balaban J connectivity index is 2.05. The SMILES string of the molecule is CCNc1cnc(C(=O)Nc2cccc(OCC)c2)cn1. The lowest BCUT2D eigenvalue weighted by Crippen LogP contribution is -2.14. The number of rotatable bonds is 6. The topological polar surface area (TPSA) is 76.1 Å². The molecule has 0 aliphatic heterocycles. The number of carbonyl (C=O) groups excluding carboxylic acids is 1. The first-order valence-corrected chi connectivity index (χ1v) is 6.83. The third kappa shape index (κ3) is 4.17. The average molecular weight is 286 g/mol. The van der Waals surface area contributed by atoms with Crippen molar-refractivity contribution in [1.29, 1.82) is 0 Å². The number of hydrogen-bond acceptors (Lipinski definition) is 5. The standard InChI is InChI=1S/C15H18N4O2/c1-3-16-14-10-17-13(9-18-14)15(20)19-11-6-5-7-12(8-11)21-4-2/h5-10H,3-4H2,1-2H3,(H,16,18)(H,19,20). The Labute approximate surface area is 123 Å². The van der Waals surface area contributed by atoms with Gasteiger partial charge in [-0.2, -0.15) is 0 Å². The predicted octanol–water partition coefficient (Wildman–Crippen LogP) is 2.56. The second-order valence-corrected chi connectivity index (χ2v) is 4.23. The minimum atomic E-state index is -0.306. The lowest BCUT2D eigenvalue weighted by atomic mass is 10.3. The van der Waals surface area contributed by atoms with Crippen LogP contribution in [0.15, 0.2) is 36.7 Å². The Morgan fingerprint density at radius 1 is 1.24 bits per heavy atom. The number of carbonyl (C=O) groups is 1. The van der Waals surface area contributed by atoms with Crippen molar-refractivity contribution in [2.45, 2.75) is 13.8 Å². The van der Waals surface area contributed by atoms with Crippen molar-refractivity contribution in [3.8, 4) is 5.75 Å². The number of ether oxygens (including phenoxy) is 1. The first-order valence-electron chi connectivity index (χ1n) is 6.83. The van der Waals surface area contributed by atoms with Gasteiger partial charge in [-0.25, -0.2) is 9.97 Å². The van der Waals surface area contributed by atoms with Crippen molar-refractivity contribution in [3.05, 3.63) is 42.4 Å². The van der Waals surface area contributed by atoms with Crippen LogP contribution in [-0.2, 0) is 0 Å². The van der Waals surface area contributed by atoms with Crippen LogP contribution in [0.1, 0.15) is 24.3 Å². The van der Waals surface area contributed by atoms with Crippen LogP contribution in [-0.4, -0.2) is 29.0 Å². The molecule has 0 bridgehead atoms. The maximum absolute atomic E-state index is 12.1. The van der Waals surface area contributed by atoms with E-state index in [1.165, 1.54) is 12.4 Å². The van der Waals surface area contributed by atoms with Crippen molar-refractivity contribution in [1.82, 2.24) is 9.97 Å². The van der Waals surface area contributed by atoms with E-state index in [1.807, 2.05) is 26.0 Å². The summed E-state index contributed by atoms with van der Waals surface area (Å²) in [7, 11) is 0. The van der Waals surface area contributed by atoms with E-state index in [0.29, 0.717) is 23.9 Å². The summed E-state index contributed by atoms with van der Waals surface area (Å²) in [4.78, 5) is 20.3. The number of aromatic nitrogens is 2. The molecule has 1 heterocycles. The largest absolute Gasteiger partial charge is 0.494 e. The van der Waals surface area contributed by atoms with Gasteiger partial charge in [0.05, 0.1) is 19.0 Å². The first-order chi connectivity index (χ1) is 10.2. The van der Waals surface area contributed by atoms with E-state index in [9.17, 15) is 4.79 Å². The average Bonchev–Trinajstić information content (AvgIpc) is 2.49. The molecule has 21 heavy (non-hydrogen) atoms. The van der Waals surface area contributed by atoms with Crippen LogP contribution in [0.4, 0.5) is 11.5 Å². The third-order valence-electron chi connectivity index (χ3n) is 2.65. The summed E-state index contributed by atoms with van der Waals surface area (Å²) in [5.41, 5.74) is 0.918. The molecular weight excluding hydrogens is 268 g/mol. The van der Waals surface area contributed by atoms with Gasteiger partial charge in [0, 0.05) is 18.3 Å². The lowest BCUT2D eigenvalue weighted by molar-refractivity contribution is 0.102. The van der Waals surface area contributed by atoms with Crippen molar-refractivity contribution >= 4 is 17.4 Å². The highest BCUT2D eigenvalue weighted by atomic mass is 16.5. The number of benzene rings is 1. The highest BCUT2D eigenvalue weighted by Crippen LogP contribution is 2.17. The molecule has 2 rings (SSSR count). The molecule has 0 aliphatic carbocycles. The molecule has 110 valence electrons. The summed E-state index contributed by atoms with van der Waals surface area (Å²) in [6.07, 6.45) is 2.98. The smallest absolute Gasteiger partial charge is 0.275 e. The van der Waals surface area contributed by atoms with Gasteiger partial charge in [-0.15, -0.1) is 0 Å². The van der Waals surface area contributed by atoms with E-state index in [2.05, 4.69) is 20.6 Å². The van der Waals surface area contributed by atoms with E-state index < -0.39 is 0 Å². The molecule has 0 unspecified atom stereocenters. The van der Waals surface area contributed by atoms with Crippen molar-refractivity contribution < 1.29 is 9.53 Å². The van der Waals surface area contributed by atoms with Gasteiger partial charge >= 0.3 is 0 Å². The van der Waals surface area contributed by atoms with Crippen molar-refractivity contribution in [2.75, 3.05) is 23.8 Å². The van der Waals surface area contributed by atoms with Gasteiger partial charge in [0.25, 0.3) is 5.91 Å². The normalized spacial score (nSPS) is 10.0. The van der Waals surface area contributed by atoms with Crippen molar-refractivity contribution in [2.24, 2.45) is 0 Å². The summed E-state index contributed by atoms with van der Waals surface area (Å²) in [5.74, 6) is 1.05. The number of nitrogens with zero attached hydrogens (tertiary/aromatic N) is 2. The van der Waals surface area contributed by atoms with Crippen LogP contribution in [0.3, 0.4) is 0 Å². The van der Waals surface area contributed by atoms with Crippen LogP contribution >= 0.6 is 0 Å². The van der Waals surface area contributed by atoms with Crippen LogP contribution in [0.5, 0.6) is 5.75 Å². The van der Waals surface area contributed by atoms with Gasteiger partial charge in [-0.3, -0.25) is 4.79 Å². The summed E-state index contributed by atoms with van der Waals surface area (Å²) in [6, 6.07) is 7.22. The molecule has 1 aromatic carbocycles. The van der Waals surface area contributed by atoms with Gasteiger partial charge in [0.1, 0.15) is 17.3 Å². The van der Waals surface area contributed by atoms with E-state index in [-0.39, 0.29) is 11.6 Å².